The van der Waals surface area contributed by atoms with Crippen LogP contribution in [-0.4, -0.2) is 99.5 Å². The van der Waals surface area contributed by atoms with Crippen LogP contribution in [0.1, 0.15) is 19.8 Å². The monoisotopic (exact) mass is 812 g/mol. The molecule has 2 unspecified atom stereocenters. The number of aliphatic hydroxyl groups is 1. The quantitative estimate of drug-likeness (QED) is 0.128. The van der Waals surface area contributed by atoms with Crippen molar-refractivity contribution in [3.63, 3.8) is 0 Å². The van der Waals surface area contributed by atoms with Crippen molar-refractivity contribution in [3.8, 4) is 0 Å². The summed E-state index contributed by atoms with van der Waals surface area (Å²) in [6.07, 6.45) is -24.2. The van der Waals surface area contributed by atoms with Gasteiger partial charge in [-0.05, 0) is 19.8 Å². The van der Waals surface area contributed by atoms with Crippen molar-refractivity contribution in [2.24, 2.45) is 0 Å². The number of carbonyl (C=O) groups is 1. The Bertz CT molecular complexity index is 1270. The largest absolute Gasteiger partial charge is 0.478 e. The number of aliphatic hydroxyl groups excluding tert-OH is 1. The van der Waals surface area contributed by atoms with Crippen LogP contribution in [-0.2, 0) is 4.79 Å². The second-order valence-corrected chi connectivity index (χ2v) is 9.81. The molecule has 2 atom stereocenters. The molecule has 0 fully saturated rings. The van der Waals surface area contributed by atoms with E-state index in [1.54, 1.807) is 0 Å². The van der Waals surface area contributed by atoms with Crippen LogP contribution in [0, 0.1) is 0 Å². The van der Waals surface area contributed by atoms with Gasteiger partial charge in [0, 0.05) is 11.6 Å². The maximum Gasteiger partial charge on any atom is 0.457 e. The predicted octanol–water partition coefficient (Wildman–Crippen LogP) is 9.34. The third-order valence-corrected chi connectivity index (χ3v) is 6.25. The molecule has 0 heterocycles. The number of allylic oxidation sites excluding steroid dienone is 1. The lowest BCUT2D eigenvalue weighted by atomic mass is 9.79. The van der Waals surface area contributed by atoms with E-state index in [-0.39, 0.29) is 0 Å². The molecule has 0 aliphatic carbocycles. The van der Waals surface area contributed by atoms with Crippen LogP contribution in [0.5, 0.6) is 0 Å². The summed E-state index contributed by atoms with van der Waals surface area (Å²) < 4.78 is 366. The van der Waals surface area contributed by atoms with Crippen LogP contribution < -0.4 is 0 Å². The highest BCUT2D eigenvalue weighted by Gasteiger charge is 3.01. The summed E-state index contributed by atoms with van der Waals surface area (Å²) >= 11 is 0. The molecule has 0 aliphatic rings. The topological polar surface area (TPSA) is 57.5 Å². The molecule has 30 heteroatoms. The summed E-state index contributed by atoms with van der Waals surface area (Å²) in [5, 5.41) is 17.6. The zero-order chi connectivity index (χ0) is 41.4. The zero-order valence-electron chi connectivity index (χ0n) is 22.6. The van der Waals surface area contributed by atoms with E-state index in [1.165, 1.54) is 0 Å². The molecule has 50 heavy (non-hydrogen) atoms. The van der Waals surface area contributed by atoms with Crippen molar-refractivity contribution in [2.75, 3.05) is 0 Å². The average molecular weight is 812 g/mol. The maximum absolute atomic E-state index is 14.0. The molecule has 3 nitrogen and oxygen atoms in total. The van der Waals surface area contributed by atoms with Gasteiger partial charge in [0.05, 0.1) is 6.10 Å². The summed E-state index contributed by atoms with van der Waals surface area (Å²) in [7, 11) is 0. The maximum atomic E-state index is 14.0. The van der Waals surface area contributed by atoms with Crippen LogP contribution >= 0.6 is 0 Å². The van der Waals surface area contributed by atoms with Gasteiger partial charge in [0.15, 0.2) is 0 Å². The molecule has 0 aromatic rings. The van der Waals surface area contributed by atoms with Gasteiger partial charge in [-0.1, -0.05) is 0 Å². The van der Waals surface area contributed by atoms with E-state index in [0.29, 0.717) is 6.92 Å². The number of hydrogen-bond acceptors (Lipinski definition) is 2. The highest BCUT2D eigenvalue weighted by atomic mass is 19.4. The van der Waals surface area contributed by atoms with E-state index in [9.17, 15) is 123 Å². The van der Waals surface area contributed by atoms with Crippen molar-refractivity contribution < 1.29 is 134 Å². The summed E-state index contributed by atoms with van der Waals surface area (Å²) in [5.74, 6) is -96.4. The average Bonchev–Trinajstić information content (AvgIpc) is 2.87. The molecule has 0 radical (unpaired) electrons. The number of hydrogen-bond donors (Lipinski definition) is 2. The first kappa shape index (κ1) is 47.3. The Balaban J connectivity index is 7.71. The van der Waals surface area contributed by atoms with Gasteiger partial charge in [-0.3, -0.25) is 0 Å². The predicted molar refractivity (Wildman–Crippen MR) is 102 cm³/mol. The lowest BCUT2D eigenvalue weighted by Crippen LogP contribution is -2.81. The van der Waals surface area contributed by atoms with Gasteiger partial charge >= 0.3 is 83.2 Å². The Labute approximate surface area is 255 Å². The van der Waals surface area contributed by atoms with Gasteiger partial charge in [-0.2, -0.15) is 114 Å². The number of alkyl halides is 27. The second kappa shape index (κ2) is 12.5. The van der Waals surface area contributed by atoms with Crippen LogP contribution in [0.25, 0.3) is 0 Å². The van der Waals surface area contributed by atoms with Gasteiger partial charge in [0.2, 0.25) is 0 Å². The standard InChI is InChI=1S/C20H11F27O3/c1-5(48)2-3-6(7(49)50)4-8(21,22)10(24,25)13(30,31)15(34,35)17(38,39)18(40,41)16(36,37)14(32,33)11(26,27)9(23,19(42,43)44)12(28,29)20(45,46)47/h4-5,48H,2-3H2,1H3,(H,49,50). The summed E-state index contributed by atoms with van der Waals surface area (Å²) in [6.45, 7) is 0.691. The minimum atomic E-state index is -9.99. The number of aliphatic carboxylic acids is 1. The molecule has 0 amide bonds. The molecule has 0 saturated carbocycles. The van der Waals surface area contributed by atoms with Crippen LogP contribution in [0.15, 0.2) is 11.6 Å². The fourth-order valence-corrected chi connectivity index (χ4v) is 3.27. The number of carboxylic acid groups (broad SMARTS) is 1. The Hall–Kier alpha value is -2.72. The van der Waals surface area contributed by atoms with E-state index in [1.807, 2.05) is 0 Å². The minimum absolute atomic E-state index is 0.691. The third kappa shape index (κ3) is 6.24. The number of rotatable bonds is 15. The van der Waals surface area contributed by atoms with Gasteiger partial charge in [-0.25, -0.2) is 9.18 Å². The van der Waals surface area contributed by atoms with Gasteiger partial charge in [-0.15, -0.1) is 0 Å². The minimum Gasteiger partial charge on any atom is -0.478 e. The van der Waals surface area contributed by atoms with Crippen molar-refractivity contribution in [1.29, 1.82) is 0 Å². The molecule has 0 rings (SSSR count). The smallest absolute Gasteiger partial charge is 0.457 e. The van der Waals surface area contributed by atoms with Gasteiger partial charge in [0.25, 0.3) is 0 Å². The van der Waals surface area contributed by atoms with Crippen molar-refractivity contribution in [1.82, 2.24) is 0 Å². The van der Waals surface area contributed by atoms with Crippen molar-refractivity contribution >= 4 is 5.97 Å². The summed E-state index contributed by atoms with van der Waals surface area (Å²) in [4.78, 5) is 10.9. The molecule has 0 aliphatic heterocycles. The van der Waals surface area contributed by atoms with Crippen LogP contribution in [0.4, 0.5) is 119 Å². The molecular weight excluding hydrogens is 801 g/mol. The van der Waals surface area contributed by atoms with E-state index < -0.39 is 114 Å². The molecule has 0 bridgehead atoms. The molecule has 2 N–H and O–H groups in total. The molecule has 0 aromatic carbocycles. The summed E-state index contributed by atoms with van der Waals surface area (Å²) in [6, 6.07) is 0. The second-order valence-electron chi connectivity index (χ2n) is 9.81. The van der Waals surface area contributed by atoms with Crippen molar-refractivity contribution in [2.45, 2.75) is 103 Å². The molecular formula is C20H11F27O3. The van der Waals surface area contributed by atoms with E-state index in [0.717, 1.165) is 0 Å². The first-order chi connectivity index (χ1) is 21.2. The van der Waals surface area contributed by atoms with E-state index >= 15 is 0 Å². The molecule has 0 aromatic heterocycles. The Kier molecular flexibility index (Phi) is 11.8. The molecule has 298 valence electrons. The number of carboxylic acids is 1. The van der Waals surface area contributed by atoms with Crippen LogP contribution in [0.3, 0.4) is 0 Å². The highest BCUT2D eigenvalue weighted by Crippen LogP contribution is 2.69. The van der Waals surface area contributed by atoms with E-state index in [2.05, 4.69) is 0 Å². The van der Waals surface area contributed by atoms with Crippen LogP contribution in [0.2, 0.25) is 0 Å². The first-order valence-electron chi connectivity index (χ1n) is 11.5. The lowest BCUT2D eigenvalue weighted by molar-refractivity contribution is -0.488. The first-order valence-corrected chi connectivity index (χ1v) is 11.5. The van der Waals surface area contributed by atoms with Gasteiger partial charge in [0.1, 0.15) is 0 Å². The molecule has 0 spiro atoms. The Morgan fingerprint density at radius 1 is 0.480 bits per heavy atom. The fraction of sp³-hybridized carbons (Fsp3) is 0.850. The summed E-state index contributed by atoms with van der Waals surface area (Å²) in [5.41, 5.74) is -12.0. The van der Waals surface area contributed by atoms with E-state index in [4.69, 9.17) is 10.2 Å². The van der Waals surface area contributed by atoms with Gasteiger partial charge < -0.3 is 10.2 Å². The fourth-order valence-electron chi connectivity index (χ4n) is 3.27. The highest BCUT2D eigenvalue weighted by molar-refractivity contribution is 5.86. The Morgan fingerprint density at radius 2 is 0.760 bits per heavy atom. The Morgan fingerprint density at radius 3 is 1.00 bits per heavy atom. The normalized spacial score (nSPS) is 18.2. The SMILES string of the molecule is CC(O)CCC(=CC(F)(F)C(F)(F)C(F)(F)C(F)(F)C(F)(F)C(F)(F)C(F)(F)C(F)(F)C(F)(F)C(F)(C(F)(F)F)C(F)(F)C(F)(F)F)C(=O)O. The lowest BCUT2D eigenvalue weighted by Gasteiger charge is -2.47. The number of halogens is 27. The van der Waals surface area contributed by atoms with Crippen molar-refractivity contribution in [3.05, 3.63) is 11.6 Å². The third-order valence-electron chi connectivity index (χ3n) is 6.25. The zero-order valence-corrected chi connectivity index (χ0v) is 22.6. The molecule has 0 saturated heterocycles.